The van der Waals surface area contributed by atoms with E-state index in [1.165, 1.54) is 22.4 Å². The van der Waals surface area contributed by atoms with Gasteiger partial charge in [0.25, 0.3) is 0 Å². The van der Waals surface area contributed by atoms with Gasteiger partial charge in [-0.1, -0.05) is 41.9 Å². The lowest BCUT2D eigenvalue weighted by atomic mass is 9.91. The van der Waals surface area contributed by atoms with Crippen LogP contribution in [-0.4, -0.2) is 24.1 Å². The van der Waals surface area contributed by atoms with E-state index in [1.54, 1.807) is 7.11 Å². The average molecular weight is 368 g/mol. The van der Waals surface area contributed by atoms with E-state index < -0.39 is 0 Å². The SMILES string of the molecule is COC1=CC(Cl)N2CCc3cc(OCc4ccccc4)ccc3C2=C1C. The van der Waals surface area contributed by atoms with Crippen LogP contribution in [0.2, 0.25) is 0 Å². The molecule has 2 aliphatic rings. The van der Waals surface area contributed by atoms with Crippen molar-refractivity contribution >= 4 is 17.3 Å². The summed E-state index contributed by atoms with van der Waals surface area (Å²) in [5, 5.41) is 0. The van der Waals surface area contributed by atoms with E-state index in [4.69, 9.17) is 21.1 Å². The van der Waals surface area contributed by atoms with Crippen LogP contribution in [0.25, 0.3) is 5.70 Å². The number of rotatable bonds is 4. The summed E-state index contributed by atoms with van der Waals surface area (Å²) in [7, 11) is 1.69. The van der Waals surface area contributed by atoms with Crippen LogP contribution in [-0.2, 0) is 17.8 Å². The average Bonchev–Trinajstić information content (AvgIpc) is 2.69. The zero-order chi connectivity index (χ0) is 18.1. The Balaban J connectivity index is 1.62. The predicted octanol–water partition coefficient (Wildman–Crippen LogP) is 4.96. The van der Waals surface area contributed by atoms with Crippen LogP contribution >= 0.6 is 11.6 Å². The Hall–Kier alpha value is -2.39. The fourth-order valence-corrected chi connectivity index (χ4v) is 4.00. The van der Waals surface area contributed by atoms with Gasteiger partial charge in [-0.3, -0.25) is 0 Å². The molecule has 26 heavy (non-hydrogen) atoms. The third-order valence-corrected chi connectivity index (χ3v) is 5.38. The molecule has 1 atom stereocenters. The number of nitrogens with zero attached hydrogens (tertiary/aromatic N) is 1. The first-order chi connectivity index (χ1) is 12.7. The lowest BCUT2D eigenvalue weighted by molar-refractivity contribution is 0.283. The Morgan fingerprint density at radius 2 is 1.96 bits per heavy atom. The second kappa shape index (κ2) is 7.08. The fraction of sp³-hybridized carbons (Fsp3) is 0.273. The first-order valence-corrected chi connectivity index (χ1v) is 9.29. The number of methoxy groups -OCH3 is 1. The second-order valence-corrected chi connectivity index (χ2v) is 7.07. The van der Waals surface area contributed by atoms with E-state index in [9.17, 15) is 0 Å². The van der Waals surface area contributed by atoms with Crippen LogP contribution < -0.4 is 4.74 Å². The van der Waals surface area contributed by atoms with Crippen LogP contribution in [0.5, 0.6) is 5.75 Å². The number of halogens is 1. The molecule has 1 unspecified atom stereocenters. The van der Waals surface area contributed by atoms with Crippen molar-refractivity contribution in [2.45, 2.75) is 25.5 Å². The Kier molecular flexibility index (Phi) is 4.64. The van der Waals surface area contributed by atoms with Gasteiger partial charge in [-0.25, -0.2) is 0 Å². The van der Waals surface area contributed by atoms with E-state index in [0.29, 0.717) is 6.61 Å². The van der Waals surface area contributed by atoms with Crippen molar-refractivity contribution in [3.63, 3.8) is 0 Å². The number of allylic oxidation sites excluding steroid dienone is 1. The van der Waals surface area contributed by atoms with Crippen LogP contribution in [0.3, 0.4) is 0 Å². The summed E-state index contributed by atoms with van der Waals surface area (Å²) in [5.41, 5.74) is 5.80. The zero-order valence-electron chi connectivity index (χ0n) is 15.0. The van der Waals surface area contributed by atoms with Crippen LogP contribution in [0.15, 0.2) is 65.9 Å². The summed E-state index contributed by atoms with van der Waals surface area (Å²) in [5.74, 6) is 1.76. The van der Waals surface area contributed by atoms with Crippen molar-refractivity contribution < 1.29 is 9.47 Å². The first-order valence-electron chi connectivity index (χ1n) is 8.85. The van der Waals surface area contributed by atoms with Gasteiger partial charge >= 0.3 is 0 Å². The summed E-state index contributed by atoms with van der Waals surface area (Å²) >= 11 is 6.56. The van der Waals surface area contributed by atoms with Crippen LogP contribution in [0.1, 0.15) is 23.6 Å². The molecule has 0 aromatic heterocycles. The molecule has 134 valence electrons. The highest BCUT2D eigenvalue weighted by atomic mass is 35.5. The molecule has 0 N–H and O–H groups in total. The molecule has 4 rings (SSSR count). The minimum absolute atomic E-state index is 0.175. The Labute approximate surface area is 159 Å². The Morgan fingerprint density at radius 3 is 2.73 bits per heavy atom. The van der Waals surface area contributed by atoms with Crippen molar-refractivity contribution in [2.24, 2.45) is 0 Å². The molecular formula is C22H22ClNO2. The van der Waals surface area contributed by atoms with Crippen molar-refractivity contribution in [1.29, 1.82) is 0 Å². The quantitative estimate of drug-likeness (QED) is 0.563. The van der Waals surface area contributed by atoms with E-state index >= 15 is 0 Å². The van der Waals surface area contributed by atoms with Crippen molar-refractivity contribution in [1.82, 2.24) is 4.90 Å². The third-order valence-electron chi connectivity index (χ3n) is 5.02. The number of hydrogen-bond acceptors (Lipinski definition) is 3. The van der Waals surface area contributed by atoms with Crippen molar-refractivity contribution in [2.75, 3.05) is 13.7 Å². The van der Waals surface area contributed by atoms with E-state index in [0.717, 1.165) is 30.0 Å². The van der Waals surface area contributed by atoms with Gasteiger partial charge in [-0.15, -0.1) is 0 Å². The van der Waals surface area contributed by atoms with E-state index in [2.05, 4.69) is 36.1 Å². The van der Waals surface area contributed by atoms with Gasteiger partial charge in [0.2, 0.25) is 0 Å². The molecule has 2 aliphatic heterocycles. The highest BCUT2D eigenvalue weighted by molar-refractivity contribution is 6.22. The molecular weight excluding hydrogens is 346 g/mol. The summed E-state index contributed by atoms with van der Waals surface area (Å²) < 4.78 is 11.5. The largest absolute Gasteiger partial charge is 0.497 e. The van der Waals surface area contributed by atoms with Gasteiger partial charge in [0, 0.05) is 17.7 Å². The highest BCUT2D eigenvalue weighted by Crippen LogP contribution is 2.40. The minimum Gasteiger partial charge on any atom is -0.497 e. The highest BCUT2D eigenvalue weighted by Gasteiger charge is 2.31. The summed E-state index contributed by atoms with van der Waals surface area (Å²) in [6.07, 6.45) is 2.93. The van der Waals surface area contributed by atoms with Gasteiger partial charge in [0.1, 0.15) is 23.6 Å². The van der Waals surface area contributed by atoms with Gasteiger partial charge in [-0.05, 0) is 48.7 Å². The lowest BCUT2D eigenvalue weighted by Crippen LogP contribution is -2.37. The predicted molar refractivity (Wildman–Crippen MR) is 105 cm³/mol. The maximum absolute atomic E-state index is 6.56. The number of benzene rings is 2. The molecule has 0 saturated carbocycles. The normalized spacial score (nSPS) is 18.8. The van der Waals surface area contributed by atoms with Crippen LogP contribution in [0.4, 0.5) is 0 Å². The number of ether oxygens (including phenoxy) is 2. The van der Waals surface area contributed by atoms with Crippen molar-refractivity contribution in [3.05, 3.63) is 82.6 Å². The van der Waals surface area contributed by atoms with E-state index in [1.807, 2.05) is 30.3 Å². The smallest absolute Gasteiger partial charge is 0.126 e. The number of hydrogen-bond donors (Lipinski definition) is 0. The van der Waals surface area contributed by atoms with Gasteiger partial charge in [0.15, 0.2) is 0 Å². The maximum atomic E-state index is 6.56. The van der Waals surface area contributed by atoms with E-state index in [-0.39, 0.29) is 5.50 Å². The summed E-state index contributed by atoms with van der Waals surface area (Å²) in [4.78, 5) is 2.24. The zero-order valence-corrected chi connectivity index (χ0v) is 15.8. The molecule has 0 spiro atoms. The molecule has 0 amide bonds. The minimum atomic E-state index is -0.175. The number of alkyl halides is 1. The third kappa shape index (κ3) is 3.08. The molecule has 2 heterocycles. The standard InChI is InChI=1S/C22H22ClNO2/c1-15-20(25-2)13-21(23)24-11-10-17-12-18(8-9-19(17)22(15)24)26-14-16-6-4-3-5-7-16/h3-9,12-13,21H,10-11,14H2,1-2H3. The maximum Gasteiger partial charge on any atom is 0.126 e. The molecule has 0 saturated heterocycles. The fourth-order valence-electron chi connectivity index (χ4n) is 3.69. The van der Waals surface area contributed by atoms with Crippen molar-refractivity contribution in [3.8, 4) is 5.75 Å². The molecule has 0 fully saturated rings. The molecule has 0 aliphatic carbocycles. The van der Waals surface area contributed by atoms with Crippen LogP contribution in [0, 0.1) is 0 Å². The Bertz CT molecular complexity index is 873. The van der Waals surface area contributed by atoms with Gasteiger partial charge < -0.3 is 14.4 Å². The Morgan fingerprint density at radius 1 is 1.15 bits per heavy atom. The monoisotopic (exact) mass is 367 g/mol. The molecule has 2 aromatic carbocycles. The molecule has 0 radical (unpaired) electrons. The number of fused-ring (bicyclic) bond motifs is 3. The lowest BCUT2D eigenvalue weighted by Gasteiger charge is -2.39. The summed E-state index contributed by atoms with van der Waals surface area (Å²) in [6.45, 7) is 3.56. The van der Waals surface area contributed by atoms with Gasteiger partial charge in [-0.2, -0.15) is 0 Å². The molecule has 3 nitrogen and oxygen atoms in total. The molecule has 4 heteroatoms. The van der Waals surface area contributed by atoms with Gasteiger partial charge in [0.05, 0.1) is 12.8 Å². The summed E-state index contributed by atoms with van der Waals surface area (Å²) in [6, 6.07) is 16.6. The first kappa shape index (κ1) is 17.0. The molecule has 0 bridgehead atoms. The topological polar surface area (TPSA) is 21.7 Å². The molecule has 2 aromatic rings. The second-order valence-electron chi connectivity index (χ2n) is 6.62.